The standard InChI is InChI=1S/C24H23NO3S/c1-17-8-11-22(12-9-17)29(27,28)25-15-14-21-16-20(10-13-23(21)25)18(2)24(26)19-6-4-3-5-7-19/h3-16,18,24,26H,1-2H3/t18-,24-/m1/s1. The van der Waals surface area contributed by atoms with E-state index in [1.807, 2.05) is 62.4 Å². The molecule has 148 valence electrons. The Labute approximate surface area is 171 Å². The molecule has 4 nitrogen and oxygen atoms in total. The van der Waals surface area contributed by atoms with Crippen molar-refractivity contribution in [3.05, 3.63) is 102 Å². The number of aliphatic hydroxyl groups is 1. The van der Waals surface area contributed by atoms with Crippen LogP contribution in [0.4, 0.5) is 0 Å². The van der Waals surface area contributed by atoms with Crippen LogP contribution in [0.2, 0.25) is 0 Å². The molecule has 29 heavy (non-hydrogen) atoms. The van der Waals surface area contributed by atoms with Gasteiger partial charge in [0.2, 0.25) is 0 Å². The Morgan fingerprint density at radius 2 is 1.55 bits per heavy atom. The van der Waals surface area contributed by atoms with Crippen molar-refractivity contribution in [2.45, 2.75) is 30.8 Å². The number of aryl methyl sites for hydroxylation is 1. The quantitative estimate of drug-likeness (QED) is 0.507. The van der Waals surface area contributed by atoms with Crippen LogP contribution in [0.25, 0.3) is 10.9 Å². The number of aromatic nitrogens is 1. The van der Waals surface area contributed by atoms with Gasteiger partial charge in [-0.05, 0) is 48.4 Å². The number of hydrogen-bond acceptors (Lipinski definition) is 3. The monoisotopic (exact) mass is 405 g/mol. The largest absolute Gasteiger partial charge is 0.388 e. The third kappa shape index (κ3) is 3.59. The molecule has 0 saturated heterocycles. The Hall–Kier alpha value is -2.89. The van der Waals surface area contributed by atoms with Gasteiger partial charge in [-0.25, -0.2) is 12.4 Å². The lowest BCUT2D eigenvalue weighted by Crippen LogP contribution is -2.12. The molecule has 3 aromatic carbocycles. The topological polar surface area (TPSA) is 59.3 Å². The normalized spacial score (nSPS) is 14.0. The minimum atomic E-state index is -3.66. The minimum absolute atomic E-state index is 0.126. The molecular weight excluding hydrogens is 382 g/mol. The summed E-state index contributed by atoms with van der Waals surface area (Å²) in [7, 11) is -3.66. The Morgan fingerprint density at radius 3 is 2.24 bits per heavy atom. The fraction of sp³-hybridized carbons (Fsp3) is 0.167. The highest BCUT2D eigenvalue weighted by atomic mass is 32.2. The third-order valence-electron chi connectivity index (χ3n) is 5.40. The van der Waals surface area contributed by atoms with Gasteiger partial charge in [-0.1, -0.05) is 61.0 Å². The highest BCUT2D eigenvalue weighted by molar-refractivity contribution is 7.90. The highest BCUT2D eigenvalue weighted by Crippen LogP contribution is 2.33. The first-order valence-corrected chi connectivity index (χ1v) is 11.0. The van der Waals surface area contributed by atoms with Crippen LogP contribution >= 0.6 is 0 Å². The SMILES string of the molecule is Cc1ccc(S(=O)(=O)n2ccc3cc([C@@H](C)[C@@H](O)c4ccccc4)ccc32)cc1. The molecule has 0 saturated carbocycles. The predicted octanol–water partition coefficient (Wildman–Crippen LogP) is 5.02. The van der Waals surface area contributed by atoms with E-state index in [4.69, 9.17) is 0 Å². The first-order valence-electron chi connectivity index (χ1n) is 9.54. The molecule has 0 radical (unpaired) electrons. The maximum atomic E-state index is 13.1. The van der Waals surface area contributed by atoms with Crippen molar-refractivity contribution in [1.29, 1.82) is 0 Å². The maximum absolute atomic E-state index is 13.1. The van der Waals surface area contributed by atoms with E-state index in [0.29, 0.717) is 5.52 Å². The van der Waals surface area contributed by atoms with Crippen LogP contribution in [0.3, 0.4) is 0 Å². The number of nitrogens with zero attached hydrogens (tertiary/aromatic N) is 1. The molecule has 0 amide bonds. The zero-order valence-electron chi connectivity index (χ0n) is 16.4. The molecule has 1 N–H and O–H groups in total. The Morgan fingerprint density at radius 1 is 0.862 bits per heavy atom. The molecular formula is C24H23NO3S. The van der Waals surface area contributed by atoms with Gasteiger partial charge in [-0.3, -0.25) is 0 Å². The summed E-state index contributed by atoms with van der Waals surface area (Å²) in [4.78, 5) is 0.262. The van der Waals surface area contributed by atoms with E-state index >= 15 is 0 Å². The summed E-state index contributed by atoms with van der Waals surface area (Å²) in [5.41, 5.74) is 3.45. The number of aliphatic hydroxyl groups excluding tert-OH is 1. The molecule has 5 heteroatoms. The summed E-state index contributed by atoms with van der Waals surface area (Å²) in [6.07, 6.45) is 0.953. The molecule has 0 fully saturated rings. The molecule has 0 aliphatic heterocycles. The smallest absolute Gasteiger partial charge is 0.268 e. The molecule has 0 unspecified atom stereocenters. The van der Waals surface area contributed by atoms with E-state index in [2.05, 4.69) is 0 Å². The first kappa shape index (κ1) is 19.4. The van der Waals surface area contributed by atoms with Crippen LogP contribution in [0.15, 0.2) is 90.0 Å². The van der Waals surface area contributed by atoms with Crippen LogP contribution in [-0.4, -0.2) is 17.5 Å². The van der Waals surface area contributed by atoms with E-state index in [1.165, 1.54) is 3.97 Å². The van der Waals surface area contributed by atoms with Crippen molar-refractivity contribution < 1.29 is 13.5 Å². The Bertz CT molecular complexity index is 1240. The van der Waals surface area contributed by atoms with Gasteiger partial charge in [0.05, 0.1) is 16.5 Å². The zero-order valence-corrected chi connectivity index (χ0v) is 17.2. The van der Waals surface area contributed by atoms with Crippen molar-refractivity contribution in [2.75, 3.05) is 0 Å². The lowest BCUT2D eigenvalue weighted by atomic mass is 9.90. The van der Waals surface area contributed by atoms with Crippen LogP contribution in [0.5, 0.6) is 0 Å². The van der Waals surface area contributed by atoms with Crippen LogP contribution in [0, 0.1) is 6.92 Å². The maximum Gasteiger partial charge on any atom is 0.268 e. The van der Waals surface area contributed by atoms with Gasteiger partial charge < -0.3 is 5.11 Å². The molecule has 1 aromatic heterocycles. The van der Waals surface area contributed by atoms with E-state index in [9.17, 15) is 13.5 Å². The number of rotatable bonds is 5. The summed E-state index contributed by atoms with van der Waals surface area (Å²) in [5, 5.41) is 11.5. The first-order chi connectivity index (χ1) is 13.9. The second-order valence-corrected chi connectivity index (χ2v) is 9.21. The van der Waals surface area contributed by atoms with Gasteiger partial charge in [0.15, 0.2) is 0 Å². The lowest BCUT2D eigenvalue weighted by Gasteiger charge is -2.20. The number of hydrogen-bond donors (Lipinski definition) is 1. The van der Waals surface area contributed by atoms with Crippen molar-refractivity contribution in [3.8, 4) is 0 Å². The van der Waals surface area contributed by atoms with Crippen molar-refractivity contribution in [3.63, 3.8) is 0 Å². The summed E-state index contributed by atoms with van der Waals surface area (Å²) in [5.74, 6) is -0.126. The van der Waals surface area contributed by atoms with Crippen molar-refractivity contribution in [1.82, 2.24) is 3.97 Å². The predicted molar refractivity (Wildman–Crippen MR) is 116 cm³/mol. The van der Waals surface area contributed by atoms with Gasteiger partial charge in [-0.2, -0.15) is 0 Å². The molecule has 4 aromatic rings. The molecule has 2 atom stereocenters. The highest BCUT2D eigenvalue weighted by Gasteiger charge is 2.21. The Kier molecular flexibility index (Phi) is 5.03. The molecule has 4 rings (SSSR count). The van der Waals surface area contributed by atoms with Gasteiger partial charge in [0, 0.05) is 17.5 Å². The lowest BCUT2D eigenvalue weighted by molar-refractivity contribution is 0.151. The van der Waals surface area contributed by atoms with Crippen LogP contribution in [-0.2, 0) is 10.0 Å². The van der Waals surface area contributed by atoms with Gasteiger partial charge in [0.1, 0.15) is 0 Å². The average molecular weight is 406 g/mol. The molecule has 0 spiro atoms. The minimum Gasteiger partial charge on any atom is -0.388 e. The number of benzene rings is 3. The van der Waals surface area contributed by atoms with Gasteiger partial charge in [-0.15, -0.1) is 0 Å². The van der Waals surface area contributed by atoms with Gasteiger partial charge >= 0.3 is 0 Å². The van der Waals surface area contributed by atoms with Gasteiger partial charge in [0.25, 0.3) is 10.0 Å². The number of fused-ring (bicyclic) bond motifs is 1. The third-order valence-corrected chi connectivity index (χ3v) is 7.10. The molecule has 0 aliphatic carbocycles. The van der Waals surface area contributed by atoms with Crippen LogP contribution < -0.4 is 0 Å². The molecule has 0 bridgehead atoms. The molecule has 1 heterocycles. The van der Waals surface area contributed by atoms with Crippen molar-refractivity contribution in [2.24, 2.45) is 0 Å². The fourth-order valence-corrected chi connectivity index (χ4v) is 4.93. The zero-order chi connectivity index (χ0) is 20.6. The Balaban J connectivity index is 1.70. The summed E-state index contributed by atoms with van der Waals surface area (Å²) in [6.45, 7) is 3.90. The van der Waals surface area contributed by atoms with E-state index in [0.717, 1.165) is 22.1 Å². The van der Waals surface area contributed by atoms with Crippen molar-refractivity contribution >= 4 is 20.9 Å². The fourth-order valence-electron chi connectivity index (χ4n) is 3.57. The average Bonchev–Trinajstić information content (AvgIpc) is 3.17. The van der Waals surface area contributed by atoms with Crippen LogP contribution in [0.1, 0.15) is 35.6 Å². The summed E-state index contributed by atoms with van der Waals surface area (Å²) in [6, 6.07) is 23.8. The second-order valence-electron chi connectivity index (χ2n) is 7.39. The van der Waals surface area contributed by atoms with E-state index in [-0.39, 0.29) is 10.8 Å². The molecule has 0 aliphatic rings. The van der Waals surface area contributed by atoms with E-state index < -0.39 is 16.1 Å². The summed E-state index contributed by atoms with van der Waals surface area (Å²) >= 11 is 0. The second kappa shape index (κ2) is 7.50. The summed E-state index contributed by atoms with van der Waals surface area (Å²) < 4.78 is 27.4. The van der Waals surface area contributed by atoms with E-state index in [1.54, 1.807) is 36.5 Å².